The molecule has 6 heteroatoms. The van der Waals surface area contributed by atoms with Gasteiger partial charge in [-0.1, -0.05) is 6.07 Å². The highest BCUT2D eigenvalue weighted by Gasteiger charge is 2.33. The van der Waals surface area contributed by atoms with Crippen molar-refractivity contribution in [2.24, 2.45) is 0 Å². The number of aromatic nitrogens is 1. The average molecular weight is 351 g/mol. The number of halogens is 2. The van der Waals surface area contributed by atoms with Gasteiger partial charge in [-0.2, -0.15) is 0 Å². The van der Waals surface area contributed by atoms with Crippen molar-refractivity contribution in [1.29, 1.82) is 0 Å². The Balaban J connectivity index is 3.12. The normalized spacial score (nSPS) is 17.3. The molecule has 3 nitrogen and oxygen atoms in total. The molecule has 1 aromatic heterocycles. The van der Waals surface area contributed by atoms with E-state index in [-0.39, 0.29) is 0 Å². The van der Waals surface area contributed by atoms with E-state index in [1.807, 2.05) is 20.8 Å². The summed E-state index contributed by atoms with van der Waals surface area (Å²) in [7, 11) is 0.370. The molecule has 0 amide bonds. The van der Waals surface area contributed by atoms with Gasteiger partial charge in [0, 0.05) is 7.05 Å². The largest absolute Gasteiger partial charge is 0.246 e. The van der Waals surface area contributed by atoms with Gasteiger partial charge in [0.25, 0.3) is 0 Å². The van der Waals surface area contributed by atoms with Gasteiger partial charge in [-0.25, -0.2) is 17.9 Å². The van der Waals surface area contributed by atoms with Crippen LogP contribution in [-0.2, 0) is 11.0 Å². The summed E-state index contributed by atoms with van der Waals surface area (Å²) in [6.45, 7) is 7.07. The van der Waals surface area contributed by atoms with Crippen LogP contribution in [0.15, 0.2) is 22.8 Å². The van der Waals surface area contributed by atoms with Crippen LogP contribution in [0, 0.1) is 0 Å². The molecule has 0 aromatic carbocycles. The molecule has 0 bridgehead atoms. The van der Waals surface area contributed by atoms with Crippen LogP contribution >= 0.6 is 15.9 Å². The molecule has 0 saturated carbocycles. The Hall–Kier alpha value is -0.330. The molecule has 1 heterocycles. The van der Waals surface area contributed by atoms with E-state index in [4.69, 9.17) is 0 Å². The number of hydrogen-bond donors (Lipinski definition) is 0. The third-order valence-electron chi connectivity index (χ3n) is 2.65. The SMILES string of the molecule is CC(F)[C@H](c1cccc(Br)n1)N(C)S(=O)C(C)(C)C. The molecule has 0 aliphatic carbocycles. The van der Waals surface area contributed by atoms with Gasteiger partial charge in [0.15, 0.2) is 0 Å². The smallest absolute Gasteiger partial charge is 0.119 e. The Morgan fingerprint density at radius 2 is 2.00 bits per heavy atom. The van der Waals surface area contributed by atoms with Crippen LogP contribution < -0.4 is 0 Å². The number of nitrogens with zero attached hydrogens (tertiary/aromatic N) is 2. The molecule has 2 unspecified atom stereocenters. The number of alkyl halides is 1. The molecule has 0 aliphatic rings. The lowest BCUT2D eigenvalue weighted by molar-refractivity contribution is 0.215. The topological polar surface area (TPSA) is 33.2 Å². The number of hydrogen-bond acceptors (Lipinski definition) is 2. The zero-order valence-electron chi connectivity index (χ0n) is 11.9. The van der Waals surface area contributed by atoms with Crippen molar-refractivity contribution in [2.45, 2.75) is 44.7 Å². The van der Waals surface area contributed by atoms with Gasteiger partial charge in [0.05, 0.1) is 16.5 Å². The van der Waals surface area contributed by atoms with Crippen molar-refractivity contribution in [3.63, 3.8) is 0 Å². The third kappa shape index (κ3) is 4.33. The summed E-state index contributed by atoms with van der Waals surface area (Å²) in [5.41, 5.74) is 0.574. The minimum Gasteiger partial charge on any atom is -0.246 e. The second-order valence-corrected chi connectivity index (χ2v) is 8.53. The molecule has 1 aromatic rings. The summed E-state index contributed by atoms with van der Waals surface area (Å²) in [4.78, 5) is 4.28. The standard InChI is InChI=1S/C13H20BrFN2OS/c1-9(15)12(10-7-6-8-11(14)16-10)17(5)19(18)13(2,3)4/h6-9,12H,1-5H3/t9?,12-,19?/m1/s1. The summed E-state index contributed by atoms with van der Waals surface area (Å²) in [6.07, 6.45) is -1.17. The Morgan fingerprint density at radius 3 is 2.42 bits per heavy atom. The zero-order valence-corrected chi connectivity index (χ0v) is 14.3. The molecule has 0 saturated heterocycles. The molecule has 108 valence electrons. The van der Waals surface area contributed by atoms with Crippen LogP contribution in [0.25, 0.3) is 0 Å². The second kappa shape index (κ2) is 6.41. The maximum Gasteiger partial charge on any atom is 0.119 e. The molecule has 19 heavy (non-hydrogen) atoms. The second-order valence-electron chi connectivity index (χ2n) is 5.42. The summed E-state index contributed by atoms with van der Waals surface area (Å²) >= 11 is 3.28. The fourth-order valence-corrected chi connectivity index (χ4v) is 3.54. The van der Waals surface area contributed by atoms with Gasteiger partial charge < -0.3 is 0 Å². The van der Waals surface area contributed by atoms with Gasteiger partial charge in [-0.15, -0.1) is 0 Å². The minimum atomic E-state index is -1.30. The molecule has 0 aliphatic heterocycles. The maximum atomic E-state index is 14.0. The van der Waals surface area contributed by atoms with E-state index in [1.54, 1.807) is 29.6 Å². The fraction of sp³-hybridized carbons (Fsp3) is 0.615. The lowest BCUT2D eigenvalue weighted by Crippen LogP contribution is -2.40. The van der Waals surface area contributed by atoms with E-state index in [1.165, 1.54) is 6.92 Å². The highest BCUT2D eigenvalue weighted by Crippen LogP contribution is 2.29. The van der Waals surface area contributed by atoms with E-state index >= 15 is 0 Å². The predicted molar refractivity (Wildman–Crippen MR) is 80.9 cm³/mol. The van der Waals surface area contributed by atoms with Crippen LogP contribution in [0.4, 0.5) is 4.39 Å². The van der Waals surface area contributed by atoms with Gasteiger partial charge in [0.1, 0.15) is 21.8 Å². The Labute approximate surface area is 125 Å². The van der Waals surface area contributed by atoms with Crippen LogP contribution in [0.3, 0.4) is 0 Å². The summed E-state index contributed by atoms with van der Waals surface area (Å²) in [5, 5.41) is 0. The van der Waals surface area contributed by atoms with E-state index in [0.717, 1.165) is 0 Å². The van der Waals surface area contributed by atoms with E-state index in [9.17, 15) is 8.60 Å². The lowest BCUT2D eigenvalue weighted by Gasteiger charge is -2.32. The van der Waals surface area contributed by atoms with Crippen molar-refractivity contribution >= 4 is 26.9 Å². The number of rotatable bonds is 4. The summed E-state index contributed by atoms with van der Waals surface area (Å²) < 4.78 is 28.1. The first-order valence-electron chi connectivity index (χ1n) is 6.06. The van der Waals surface area contributed by atoms with E-state index in [2.05, 4.69) is 20.9 Å². The van der Waals surface area contributed by atoms with Gasteiger partial charge in [0.2, 0.25) is 0 Å². The molecule has 0 spiro atoms. The average Bonchev–Trinajstić information content (AvgIpc) is 2.26. The highest BCUT2D eigenvalue weighted by molar-refractivity contribution is 9.10. The van der Waals surface area contributed by atoms with Crippen molar-refractivity contribution in [3.8, 4) is 0 Å². The first kappa shape index (κ1) is 16.7. The van der Waals surface area contributed by atoms with Crippen LogP contribution in [0.1, 0.15) is 39.4 Å². The molecular formula is C13H20BrFN2OS. The summed E-state index contributed by atoms with van der Waals surface area (Å²) in [5.74, 6) is 0. The molecule has 3 atom stereocenters. The molecule has 1 rings (SSSR count). The highest BCUT2D eigenvalue weighted by atomic mass is 79.9. The van der Waals surface area contributed by atoms with Crippen molar-refractivity contribution in [1.82, 2.24) is 9.29 Å². The molecular weight excluding hydrogens is 331 g/mol. The van der Waals surface area contributed by atoms with Gasteiger partial charge in [-0.3, -0.25) is 0 Å². The fourth-order valence-electron chi connectivity index (χ4n) is 1.83. The van der Waals surface area contributed by atoms with Gasteiger partial charge >= 0.3 is 0 Å². The Morgan fingerprint density at radius 1 is 1.42 bits per heavy atom. The van der Waals surface area contributed by atoms with Crippen LogP contribution in [0.5, 0.6) is 0 Å². The molecule has 0 radical (unpaired) electrons. The lowest BCUT2D eigenvalue weighted by atomic mass is 10.1. The summed E-state index contributed by atoms with van der Waals surface area (Å²) in [6, 6.07) is 4.71. The Kier molecular flexibility index (Phi) is 5.65. The third-order valence-corrected chi connectivity index (χ3v) is 4.89. The molecule has 0 N–H and O–H groups in total. The van der Waals surface area contributed by atoms with E-state index < -0.39 is 27.9 Å². The van der Waals surface area contributed by atoms with E-state index in [0.29, 0.717) is 10.3 Å². The first-order chi connectivity index (χ1) is 8.64. The number of pyridine rings is 1. The van der Waals surface area contributed by atoms with Crippen LogP contribution in [0.2, 0.25) is 0 Å². The maximum absolute atomic E-state index is 14.0. The van der Waals surface area contributed by atoms with Gasteiger partial charge in [-0.05, 0) is 55.8 Å². The Bertz CT molecular complexity index is 462. The van der Waals surface area contributed by atoms with Crippen molar-refractivity contribution < 1.29 is 8.60 Å². The zero-order chi connectivity index (χ0) is 14.8. The predicted octanol–water partition coefficient (Wildman–Crippen LogP) is 3.64. The monoisotopic (exact) mass is 350 g/mol. The van der Waals surface area contributed by atoms with Crippen LogP contribution in [-0.4, -0.2) is 31.5 Å². The van der Waals surface area contributed by atoms with Crippen molar-refractivity contribution in [2.75, 3.05) is 7.05 Å². The molecule has 0 fully saturated rings. The minimum absolute atomic E-state index is 0.437. The quantitative estimate of drug-likeness (QED) is 0.776. The van der Waals surface area contributed by atoms with Crippen molar-refractivity contribution in [3.05, 3.63) is 28.5 Å². The first-order valence-corrected chi connectivity index (χ1v) is 7.96.